The lowest BCUT2D eigenvalue weighted by molar-refractivity contribution is -0.138. The Labute approximate surface area is 144 Å². The van der Waals surface area contributed by atoms with Gasteiger partial charge in [0.2, 0.25) is 0 Å². The first-order valence-corrected chi connectivity index (χ1v) is 8.38. The Morgan fingerprint density at radius 1 is 1.33 bits per heavy atom. The number of benzene rings is 1. The summed E-state index contributed by atoms with van der Waals surface area (Å²) in [6, 6.07) is 12.1. The van der Waals surface area contributed by atoms with Crippen molar-refractivity contribution >= 4 is 5.91 Å². The molecule has 0 spiro atoms. The van der Waals surface area contributed by atoms with Crippen LogP contribution in [0.5, 0.6) is 0 Å². The number of hydrogen-bond acceptors (Lipinski definition) is 4. The molecule has 5 nitrogen and oxygen atoms in total. The summed E-state index contributed by atoms with van der Waals surface area (Å²) in [5.41, 5.74) is 1.32. The second-order valence-corrected chi connectivity index (χ2v) is 6.17. The van der Waals surface area contributed by atoms with Crippen molar-refractivity contribution in [3.05, 3.63) is 47.7 Å². The number of carbonyl (C=O) groups is 1. The molecule has 2 atom stereocenters. The summed E-state index contributed by atoms with van der Waals surface area (Å²) >= 11 is 0. The van der Waals surface area contributed by atoms with Gasteiger partial charge in [-0.15, -0.1) is 0 Å². The highest BCUT2D eigenvalue weighted by atomic mass is 16.5. The van der Waals surface area contributed by atoms with Gasteiger partial charge in [0.25, 0.3) is 5.91 Å². The average Bonchev–Trinajstić information content (AvgIpc) is 2.58. The lowest BCUT2D eigenvalue weighted by Gasteiger charge is -2.35. The highest BCUT2D eigenvalue weighted by Gasteiger charge is 2.28. The summed E-state index contributed by atoms with van der Waals surface area (Å²) in [7, 11) is 0. The van der Waals surface area contributed by atoms with E-state index in [1.54, 1.807) is 11.1 Å². The lowest BCUT2D eigenvalue weighted by atomic mass is 10.1. The van der Waals surface area contributed by atoms with Gasteiger partial charge >= 0.3 is 0 Å². The Balaban J connectivity index is 2.11. The number of carbonyl (C=O) groups excluding carboxylic acids is 1. The lowest BCUT2D eigenvalue weighted by Crippen LogP contribution is -2.48. The van der Waals surface area contributed by atoms with Crippen molar-refractivity contribution in [2.75, 3.05) is 19.6 Å². The molecule has 2 unspecified atom stereocenters. The second-order valence-electron chi connectivity index (χ2n) is 6.17. The van der Waals surface area contributed by atoms with Crippen LogP contribution >= 0.6 is 0 Å². The van der Waals surface area contributed by atoms with Crippen molar-refractivity contribution in [2.45, 2.75) is 39.5 Å². The predicted octanol–water partition coefficient (Wildman–Crippen LogP) is 2.55. The molecule has 1 heterocycles. The molecular weight excluding hydrogens is 302 g/mol. The number of morpholine rings is 1. The number of ether oxygens (including phenoxy) is 1. The molecule has 0 N–H and O–H groups in total. The first-order chi connectivity index (χ1) is 11.5. The van der Waals surface area contributed by atoms with E-state index in [-0.39, 0.29) is 23.7 Å². The third-order valence-electron chi connectivity index (χ3n) is 4.00. The molecule has 0 aliphatic carbocycles. The van der Waals surface area contributed by atoms with Gasteiger partial charge in [0, 0.05) is 32.4 Å². The Morgan fingerprint density at radius 2 is 1.96 bits per heavy atom. The van der Waals surface area contributed by atoms with Gasteiger partial charge in [-0.1, -0.05) is 30.3 Å². The van der Waals surface area contributed by atoms with Gasteiger partial charge in [0.15, 0.2) is 0 Å². The SMILES string of the molecule is CCN(/C=C(/C#N)C(=O)N1CC(C)OC(C)C1)Cc1ccccc1. The zero-order valence-corrected chi connectivity index (χ0v) is 14.6. The van der Waals surface area contributed by atoms with Crippen LogP contribution < -0.4 is 0 Å². The standard InChI is InChI=1S/C19H25N3O2/c1-4-21(13-17-8-6-5-7-9-17)14-18(10-20)19(23)22-11-15(2)24-16(3)12-22/h5-9,14-16H,4,11-13H2,1-3H3/b18-14-. The van der Waals surface area contributed by atoms with Gasteiger partial charge in [0.1, 0.15) is 11.6 Å². The normalized spacial score (nSPS) is 21.2. The number of rotatable bonds is 5. The number of hydrogen-bond donors (Lipinski definition) is 0. The van der Waals surface area contributed by atoms with Crippen LogP contribution in [0, 0.1) is 11.3 Å². The molecular formula is C19H25N3O2. The van der Waals surface area contributed by atoms with E-state index < -0.39 is 0 Å². The van der Waals surface area contributed by atoms with Crippen molar-refractivity contribution in [3.8, 4) is 6.07 Å². The Kier molecular flexibility index (Phi) is 6.39. The fourth-order valence-electron chi connectivity index (χ4n) is 2.90. The zero-order valence-electron chi connectivity index (χ0n) is 14.6. The van der Waals surface area contributed by atoms with Gasteiger partial charge in [-0.3, -0.25) is 4.79 Å². The van der Waals surface area contributed by atoms with E-state index in [1.165, 1.54) is 0 Å². The summed E-state index contributed by atoms with van der Waals surface area (Å²) in [6.45, 7) is 8.34. The first kappa shape index (κ1) is 18.0. The topological polar surface area (TPSA) is 56.6 Å². The van der Waals surface area contributed by atoms with Gasteiger partial charge in [-0.05, 0) is 26.3 Å². The summed E-state index contributed by atoms with van der Waals surface area (Å²) in [6.07, 6.45) is 1.66. The number of nitriles is 1. The molecule has 0 aromatic heterocycles. The highest BCUT2D eigenvalue weighted by Crippen LogP contribution is 2.14. The maximum absolute atomic E-state index is 12.7. The van der Waals surface area contributed by atoms with Crippen LogP contribution in [0.4, 0.5) is 0 Å². The fourth-order valence-corrected chi connectivity index (χ4v) is 2.90. The van der Waals surface area contributed by atoms with Gasteiger partial charge in [-0.2, -0.15) is 5.26 Å². The van der Waals surface area contributed by atoms with Crippen LogP contribution in [-0.4, -0.2) is 47.5 Å². The van der Waals surface area contributed by atoms with E-state index in [0.29, 0.717) is 19.6 Å². The molecule has 5 heteroatoms. The Bertz CT molecular complexity index is 611. The molecule has 1 aromatic carbocycles. The molecule has 0 radical (unpaired) electrons. The third-order valence-corrected chi connectivity index (χ3v) is 4.00. The monoisotopic (exact) mass is 327 g/mol. The van der Waals surface area contributed by atoms with E-state index in [1.807, 2.05) is 56.0 Å². The van der Waals surface area contributed by atoms with Crippen molar-refractivity contribution in [3.63, 3.8) is 0 Å². The molecule has 0 saturated carbocycles. The average molecular weight is 327 g/mol. The molecule has 24 heavy (non-hydrogen) atoms. The van der Waals surface area contributed by atoms with E-state index in [0.717, 1.165) is 12.1 Å². The van der Waals surface area contributed by atoms with Crippen molar-refractivity contribution in [2.24, 2.45) is 0 Å². The van der Waals surface area contributed by atoms with E-state index >= 15 is 0 Å². The van der Waals surface area contributed by atoms with Crippen LogP contribution in [0.15, 0.2) is 42.1 Å². The van der Waals surface area contributed by atoms with Crippen LogP contribution in [0.25, 0.3) is 0 Å². The minimum atomic E-state index is -0.217. The largest absolute Gasteiger partial charge is 0.372 e. The molecule has 1 saturated heterocycles. The predicted molar refractivity (Wildman–Crippen MR) is 92.8 cm³/mol. The fraction of sp³-hybridized carbons (Fsp3) is 0.474. The molecule has 1 amide bonds. The van der Waals surface area contributed by atoms with Crippen LogP contribution in [0.2, 0.25) is 0 Å². The maximum atomic E-state index is 12.7. The first-order valence-electron chi connectivity index (χ1n) is 8.38. The van der Waals surface area contributed by atoms with E-state index in [4.69, 9.17) is 4.74 Å². The zero-order chi connectivity index (χ0) is 17.5. The van der Waals surface area contributed by atoms with E-state index in [2.05, 4.69) is 6.07 Å². The Hall–Kier alpha value is -2.32. The molecule has 1 fully saturated rings. The van der Waals surface area contributed by atoms with Crippen molar-refractivity contribution in [1.82, 2.24) is 9.80 Å². The van der Waals surface area contributed by atoms with Gasteiger partial charge < -0.3 is 14.5 Å². The number of amides is 1. The smallest absolute Gasteiger partial charge is 0.266 e. The summed E-state index contributed by atoms with van der Waals surface area (Å²) in [4.78, 5) is 16.4. The van der Waals surface area contributed by atoms with Crippen LogP contribution in [0.3, 0.4) is 0 Å². The second kappa shape index (κ2) is 8.51. The highest BCUT2D eigenvalue weighted by molar-refractivity contribution is 5.97. The van der Waals surface area contributed by atoms with Crippen LogP contribution in [0.1, 0.15) is 26.3 Å². The van der Waals surface area contributed by atoms with Crippen LogP contribution in [-0.2, 0) is 16.1 Å². The molecule has 1 aliphatic rings. The van der Waals surface area contributed by atoms with E-state index in [9.17, 15) is 10.1 Å². The Morgan fingerprint density at radius 3 is 2.50 bits per heavy atom. The maximum Gasteiger partial charge on any atom is 0.266 e. The third kappa shape index (κ3) is 4.84. The minimum Gasteiger partial charge on any atom is -0.372 e. The molecule has 1 aliphatic heterocycles. The number of nitrogens with zero attached hydrogens (tertiary/aromatic N) is 3. The molecule has 1 aromatic rings. The summed E-state index contributed by atoms with van der Waals surface area (Å²) in [5, 5.41) is 9.45. The quantitative estimate of drug-likeness (QED) is 0.616. The van der Waals surface area contributed by atoms with Crippen molar-refractivity contribution < 1.29 is 9.53 Å². The summed E-state index contributed by atoms with van der Waals surface area (Å²) in [5.74, 6) is -0.217. The minimum absolute atomic E-state index is 0.00996. The van der Waals surface area contributed by atoms with Crippen molar-refractivity contribution in [1.29, 1.82) is 5.26 Å². The summed E-state index contributed by atoms with van der Waals surface area (Å²) < 4.78 is 5.65. The van der Waals surface area contributed by atoms with Gasteiger partial charge in [0.05, 0.1) is 12.2 Å². The van der Waals surface area contributed by atoms with Gasteiger partial charge in [-0.25, -0.2) is 0 Å². The molecule has 0 bridgehead atoms. The molecule has 128 valence electrons. The molecule has 2 rings (SSSR count).